The number of ketones is 2. The number of amides is 1. The number of ether oxygens (including phenoxy) is 1. The second-order valence-corrected chi connectivity index (χ2v) is 7.81. The molecule has 0 aromatic rings. The molecule has 0 saturated carbocycles. The van der Waals surface area contributed by atoms with E-state index in [1.807, 2.05) is 23.9 Å². The van der Waals surface area contributed by atoms with Crippen molar-refractivity contribution in [3.8, 4) is 0 Å². The van der Waals surface area contributed by atoms with Gasteiger partial charge in [-0.15, -0.1) is 0 Å². The zero-order valence-corrected chi connectivity index (χ0v) is 17.6. The minimum Gasteiger partial charge on any atom is -0.465 e. The molecule has 1 aliphatic carbocycles. The van der Waals surface area contributed by atoms with Crippen LogP contribution in [0.15, 0.2) is 22.5 Å². The van der Waals surface area contributed by atoms with E-state index in [1.165, 1.54) is 0 Å². The number of fused-ring (bicyclic) bond motifs is 4. The van der Waals surface area contributed by atoms with Crippen molar-refractivity contribution >= 4 is 17.7 Å². The Morgan fingerprint density at radius 3 is 2.60 bits per heavy atom. The predicted octanol–water partition coefficient (Wildman–Crippen LogP) is -1.94. The quantitative estimate of drug-likeness (QED) is 0.239. The Balaban J connectivity index is 0.000000589. The van der Waals surface area contributed by atoms with Gasteiger partial charge >= 0.3 is 6.09 Å². The predicted molar refractivity (Wildman–Crippen MR) is 106 cm³/mol. The van der Waals surface area contributed by atoms with E-state index in [-0.39, 0.29) is 30.3 Å². The van der Waals surface area contributed by atoms with E-state index in [2.05, 4.69) is 16.4 Å². The summed E-state index contributed by atoms with van der Waals surface area (Å²) in [5, 5.41) is 23.7. The highest BCUT2D eigenvalue weighted by atomic mass is 16.5. The van der Waals surface area contributed by atoms with Crippen LogP contribution in [0, 0.1) is 5.92 Å². The van der Waals surface area contributed by atoms with Gasteiger partial charge < -0.3 is 41.1 Å². The number of hydrogen-bond donors (Lipinski definition) is 5. The number of allylic oxidation sites excluding steroid dienone is 2. The van der Waals surface area contributed by atoms with Gasteiger partial charge in [0.25, 0.3) is 0 Å². The summed E-state index contributed by atoms with van der Waals surface area (Å²) in [6.07, 6.45) is -1.33. The van der Waals surface area contributed by atoms with Gasteiger partial charge in [0.05, 0.1) is 30.0 Å². The van der Waals surface area contributed by atoms with Crippen LogP contribution < -0.4 is 16.4 Å². The monoisotopic (exact) mass is 423 g/mol. The van der Waals surface area contributed by atoms with Crippen molar-refractivity contribution in [2.24, 2.45) is 11.7 Å². The van der Waals surface area contributed by atoms with Gasteiger partial charge in [0.15, 0.2) is 5.72 Å². The van der Waals surface area contributed by atoms with E-state index < -0.39 is 17.7 Å². The molecule has 6 N–H and O–H groups in total. The molecule has 0 radical (unpaired) electrons. The second-order valence-electron chi connectivity index (χ2n) is 7.81. The number of rotatable bonds is 6. The Bertz CT molecular complexity index is 835. The molecule has 4 unspecified atom stereocenters. The van der Waals surface area contributed by atoms with Crippen LogP contribution in [0.5, 0.6) is 0 Å². The fraction of sp³-hybridized carbons (Fsp3) is 0.632. The van der Waals surface area contributed by atoms with Crippen molar-refractivity contribution in [1.29, 1.82) is 0 Å². The molecular formula is C19H29N5O6. The van der Waals surface area contributed by atoms with Crippen molar-refractivity contribution in [2.75, 3.05) is 47.4 Å². The molecule has 4 rings (SSSR count). The molecule has 30 heavy (non-hydrogen) atoms. The Morgan fingerprint density at radius 2 is 2.07 bits per heavy atom. The minimum atomic E-state index is -1.33. The Kier molecular flexibility index (Phi) is 5.92. The molecule has 11 heteroatoms. The van der Waals surface area contributed by atoms with Crippen molar-refractivity contribution in [1.82, 2.24) is 20.4 Å². The van der Waals surface area contributed by atoms with E-state index in [1.54, 1.807) is 14.0 Å². The van der Waals surface area contributed by atoms with Crippen LogP contribution in [-0.4, -0.2) is 103 Å². The van der Waals surface area contributed by atoms with Crippen molar-refractivity contribution in [2.45, 2.75) is 24.7 Å². The van der Waals surface area contributed by atoms with Crippen molar-refractivity contribution in [3.05, 3.63) is 22.5 Å². The molecule has 0 aromatic carbocycles. The number of nitrogens with zero attached hydrogens (tertiary/aromatic N) is 2. The molecule has 4 aliphatic rings. The lowest BCUT2D eigenvalue weighted by atomic mass is 9.82. The average Bonchev–Trinajstić information content (AvgIpc) is 3.29. The molecule has 3 aliphatic heterocycles. The first-order chi connectivity index (χ1) is 14.2. The van der Waals surface area contributed by atoms with Gasteiger partial charge in [-0.3, -0.25) is 9.59 Å². The maximum atomic E-state index is 13.4. The Labute approximate surface area is 174 Å². The molecule has 4 atom stereocenters. The van der Waals surface area contributed by atoms with Gasteiger partial charge in [-0.05, 0) is 14.0 Å². The summed E-state index contributed by atoms with van der Waals surface area (Å²) in [6, 6.07) is 0.270. The van der Waals surface area contributed by atoms with Gasteiger partial charge in [0, 0.05) is 51.0 Å². The molecular weight excluding hydrogens is 394 g/mol. The summed E-state index contributed by atoms with van der Waals surface area (Å²) >= 11 is 0. The van der Waals surface area contributed by atoms with Crippen LogP contribution in [0.2, 0.25) is 0 Å². The first-order valence-electron chi connectivity index (χ1n) is 9.75. The summed E-state index contributed by atoms with van der Waals surface area (Å²) in [7, 11) is 5.26. The van der Waals surface area contributed by atoms with E-state index in [9.17, 15) is 14.7 Å². The molecule has 0 aromatic heterocycles. The number of methoxy groups -OCH3 is 1. The number of carbonyl (C=O) groups is 3. The highest BCUT2D eigenvalue weighted by molar-refractivity contribution is 6.25. The largest absolute Gasteiger partial charge is 0.465 e. The number of aliphatic hydroxyl groups excluding tert-OH is 1. The van der Waals surface area contributed by atoms with Crippen LogP contribution in [0.3, 0.4) is 0 Å². The number of piperazine rings is 1. The molecule has 0 bridgehead atoms. The normalized spacial score (nSPS) is 31.2. The number of likely N-dealkylation sites (N-methyl/N-ethyl adjacent to an activating group) is 2. The standard InChI is InChI=1S/C18H26N4O4.CH3NO2/c1-9-13(21(3)6-5-19-2)16(25)12-10(8-23)18(26-4)17-11(20-17)7-22(18)14(12)15(9)24;2-1(3)4/h10-11,17,19-20,23H,5-8H2,1-4H3;2H2,(H,3,4). The van der Waals surface area contributed by atoms with Gasteiger partial charge in [0.2, 0.25) is 11.6 Å². The first kappa shape index (κ1) is 22.2. The number of aliphatic hydroxyl groups is 1. The molecule has 3 heterocycles. The number of carboxylic acid groups (broad SMARTS) is 1. The van der Waals surface area contributed by atoms with Crippen LogP contribution >= 0.6 is 0 Å². The lowest BCUT2D eigenvalue weighted by Crippen LogP contribution is -2.54. The minimum absolute atomic E-state index is 0.0293. The van der Waals surface area contributed by atoms with Gasteiger partial charge in [-0.2, -0.15) is 0 Å². The van der Waals surface area contributed by atoms with Crippen LogP contribution in [0.4, 0.5) is 4.79 Å². The fourth-order valence-electron chi connectivity index (χ4n) is 4.98. The van der Waals surface area contributed by atoms with Gasteiger partial charge in [-0.25, -0.2) is 4.79 Å². The lowest BCUT2D eigenvalue weighted by Gasteiger charge is -2.39. The van der Waals surface area contributed by atoms with E-state index >= 15 is 0 Å². The van der Waals surface area contributed by atoms with E-state index in [4.69, 9.17) is 14.6 Å². The third-order valence-electron chi connectivity index (χ3n) is 6.27. The number of hydrogen-bond acceptors (Lipinski definition) is 9. The lowest BCUT2D eigenvalue weighted by molar-refractivity contribution is -0.137. The highest BCUT2D eigenvalue weighted by Gasteiger charge is 2.72. The smallest absolute Gasteiger partial charge is 0.402 e. The number of primary amides is 1. The number of nitrogens with one attached hydrogen (secondary N) is 2. The van der Waals surface area contributed by atoms with Crippen molar-refractivity contribution in [3.63, 3.8) is 0 Å². The summed E-state index contributed by atoms with van der Waals surface area (Å²) in [5.74, 6) is -0.841. The number of carbonyl (C=O) groups excluding carboxylic acids is 2. The Morgan fingerprint density at radius 1 is 1.43 bits per heavy atom. The first-order valence-corrected chi connectivity index (χ1v) is 9.75. The third-order valence-corrected chi connectivity index (χ3v) is 6.27. The highest BCUT2D eigenvalue weighted by Crippen LogP contribution is 2.55. The van der Waals surface area contributed by atoms with E-state index in [0.717, 1.165) is 0 Å². The molecule has 1 amide bonds. The average molecular weight is 423 g/mol. The molecule has 2 saturated heterocycles. The number of nitrogens with two attached hydrogens (primary N) is 1. The molecule has 2 fully saturated rings. The maximum absolute atomic E-state index is 13.4. The van der Waals surface area contributed by atoms with Crippen LogP contribution in [0.25, 0.3) is 0 Å². The van der Waals surface area contributed by atoms with Gasteiger partial charge in [-0.1, -0.05) is 0 Å². The molecule has 11 nitrogen and oxygen atoms in total. The summed E-state index contributed by atoms with van der Waals surface area (Å²) in [6.45, 7) is 3.40. The summed E-state index contributed by atoms with van der Waals surface area (Å²) in [4.78, 5) is 39.1. The van der Waals surface area contributed by atoms with E-state index in [0.29, 0.717) is 42.2 Å². The molecule has 0 spiro atoms. The number of Topliss-reactive ketones (excluding diaryl/α,β-unsaturated/α-hetero) is 2. The second kappa shape index (κ2) is 7.99. The summed E-state index contributed by atoms with van der Waals surface area (Å²) < 4.78 is 5.88. The molecule has 166 valence electrons. The fourth-order valence-corrected chi connectivity index (χ4v) is 4.98. The van der Waals surface area contributed by atoms with Crippen molar-refractivity contribution < 1.29 is 29.3 Å². The van der Waals surface area contributed by atoms with Gasteiger partial charge in [0.1, 0.15) is 0 Å². The van der Waals surface area contributed by atoms with Crippen LogP contribution in [0.1, 0.15) is 6.92 Å². The van der Waals surface area contributed by atoms with Crippen LogP contribution in [-0.2, 0) is 14.3 Å². The topological polar surface area (TPSA) is 167 Å². The zero-order valence-electron chi connectivity index (χ0n) is 17.6. The zero-order chi connectivity index (χ0) is 22.4. The SMILES string of the molecule is CNCCN(C)C1=C(C)C(=O)C2=C(C1=O)C(CO)C1(OC)C3NC3CN21.NC(=O)O. The maximum Gasteiger partial charge on any atom is 0.402 e. The Hall–Kier alpha value is -2.47. The summed E-state index contributed by atoms with van der Waals surface area (Å²) in [5.41, 5.74) is 4.89. The third kappa shape index (κ3) is 3.09.